The summed E-state index contributed by atoms with van der Waals surface area (Å²) in [5, 5.41) is 10.3. The van der Waals surface area contributed by atoms with Crippen LogP contribution >= 0.6 is 0 Å². The van der Waals surface area contributed by atoms with E-state index in [1.54, 1.807) is 0 Å². The van der Waals surface area contributed by atoms with Crippen molar-refractivity contribution in [3.8, 4) is 0 Å². The summed E-state index contributed by atoms with van der Waals surface area (Å²) in [5.41, 5.74) is 2.06. The Balaban J connectivity index is 1.78. The highest BCUT2D eigenvalue weighted by molar-refractivity contribution is 7.89. The highest BCUT2D eigenvalue weighted by Crippen LogP contribution is 2.25. The lowest BCUT2D eigenvalue weighted by atomic mass is 10.1. The molecule has 1 aliphatic heterocycles. The number of hydrogen-bond acceptors (Lipinski definition) is 5. The standard InChI is InChI=1S/C18H28N4O3S/c1-13(2)22-16-8-6-5-7-15(16)19-18(22)11-21-9-14(17(23)10-21)12-26(24,25)20(3)4/h5-8,13-14,17,23H,9-12H2,1-4H3/t14-,17+/m0/s1. The van der Waals surface area contributed by atoms with Gasteiger partial charge < -0.3 is 9.67 Å². The molecular weight excluding hydrogens is 352 g/mol. The van der Waals surface area contributed by atoms with E-state index >= 15 is 0 Å². The van der Waals surface area contributed by atoms with E-state index in [1.807, 2.05) is 18.2 Å². The predicted molar refractivity (Wildman–Crippen MR) is 102 cm³/mol. The third-order valence-corrected chi connectivity index (χ3v) is 6.98. The third kappa shape index (κ3) is 3.78. The molecule has 2 heterocycles. The Bertz CT molecular complexity index is 876. The minimum Gasteiger partial charge on any atom is -0.391 e. The fourth-order valence-electron chi connectivity index (χ4n) is 3.64. The maximum atomic E-state index is 12.1. The van der Waals surface area contributed by atoms with E-state index in [9.17, 15) is 13.5 Å². The van der Waals surface area contributed by atoms with E-state index in [1.165, 1.54) is 18.4 Å². The van der Waals surface area contributed by atoms with E-state index in [2.05, 4.69) is 29.4 Å². The van der Waals surface area contributed by atoms with Crippen LogP contribution in [0.1, 0.15) is 25.7 Å². The van der Waals surface area contributed by atoms with Crippen LogP contribution in [-0.2, 0) is 16.6 Å². The number of aliphatic hydroxyl groups is 1. The molecule has 1 saturated heterocycles. The van der Waals surface area contributed by atoms with Crippen molar-refractivity contribution < 1.29 is 13.5 Å². The van der Waals surface area contributed by atoms with Crippen LogP contribution in [0.3, 0.4) is 0 Å². The number of hydrogen-bond donors (Lipinski definition) is 1. The van der Waals surface area contributed by atoms with Crippen molar-refractivity contribution in [2.45, 2.75) is 32.5 Å². The number of imidazole rings is 1. The summed E-state index contributed by atoms with van der Waals surface area (Å²) in [6.07, 6.45) is -0.637. The minimum atomic E-state index is -3.33. The molecule has 0 spiro atoms. The molecule has 1 fully saturated rings. The number of likely N-dealkylation sites (tertiary alicyclic amines) is 1. The second-order valence-electron chi connectivity index (χ2n) is 7.56. The Labute approximate surface area is 155 Å². The van der Waals surface area contributed by atoms with Gasteiger partial charge in [0.15, 0.2) is 0 Å². The van der Waals surface area contributed by atoms with Gasteiger partial charge in [0.2, 0.25) is 10.0 Å². The Kier molecular flexibility index (Phi) is 5.39. The number of para-hydroxylation sites is 2. The highest BCUT2D eigenvalue weighted by atomic mass is 32.2. The summed E-state index contributed by atoms with van der Waals surface area (Å²) in [6, 6.07) is 8.33. The second kappa shape index (κ2) is 7.26. The average Bonchev–Trinajstić information content (AvgIpc) is 3.07. The zero-order valence-electron chi connectivity index (χ0n) is 15.8. The maximum Gasteiger partial charge on any atom is 0.214 e. The van der Waals surface area contributed by atoms with Crippen LogP contribution in [0, 0.1) is 5.92 Å². The summed E-state index contributed by atoms with van der Waals surface area (Å²) in [4.78, 5) is 6.86. The topological polar surface area (TPSA) is 78.7 Å². The van der Waals surface area contributed by atoms with Gasteiger partial charge in [-0.05, 0) is 26.0 Å². The molecule has 1 aromatic heterocycles. The van der Waals surface area contributed by atoms with E-state index in [-0.39, 0.29) is 17.7 Å². The van der Waals surface area contributed by atoms with Crippen LogP contribution in [0.2, 0.25) is 0 Å². The molecule has 1 N–H and O–H groups in total. The van der Waals surface area contributed by atoms with E-state index in [0.717, 1.165) is 16.9 Å². The second-order valence-corrected chi connectivity index (χ2v) is 9.79. The molecule has 0 amide bonds. The molecular formula is C18H28N4O3S. The third-order valence-electron chi connectivity index (χ3n) is 5.01. The van der Waals surface area contributed by atoms with Gasteiger partial charge in [-0.2, -0.15) is 0 Å². The van der Waals surface area contributed by atoms with Gasteiger partial charge in [-0.25, -0.2) is 17.7 Å². The zero-order chi connectivity index (χ0) is 19.1. The Morgan fingerprint density at radius 2 is 1.96 bits per heavy atom. The lowest BCUT2D eigenvalue weighted by Gasteiger charge is -2.19. The summed E-state index contributed by atoms with van der Waals surface area (Å²) >= 11 is 0. The van der Waals surface area contributed by atoms with Crippen molar-refractivity contribution in [1.29, 1.82) is 0 Å². The summed E-state index contributed by atoms with van der Waals surface area (Å²) in [5.74, 6) is 0.641. The van der Waals surface area contributed by atoms with Crippen LogP contribution in [0.5, 0.6) is 0 Å². The molecule has 2 aromatic rings. The molecule has 1 aliphatic rings. The Morgan fingerprint density at radius 1 is 1.27 bits per heavy atom. The molecule has 3 rings (SSSR count). The SMILES string of the molecule is CC(C)n1c(CN2C[C@@H](CS(=O)(=O)N(C)C)[C@H](O)C2)nc2ccccc21. The number of benzene rings is 1. The quantitative estimate of drug-likeness (QED) is 0.817. The number of aliphatic hydroxyl groups excluding tert-OH is 1. The van der Waals surface area contributed by atoms with Crippen molar-refractivity contribution in [1.82, 2.24) is 18.8 Å². The Hall–Kier alpha value is -1.48. The number of nitrogens with zero attached hydrogens (tertiary/aromatic N) is 4. The first-order chi connectivity index (χ1) is 12.2. The maximum absolute atomic E-state index is 12.1. The fraction of sp³-hybridized carbons (Fsp3) is 0.611. The molecule has 0 bridgehead atoms. The molecule has 144 valence electrons. The van der Waals surface area contributed by atoms with Gasteiger partial charge in [0.1, 0.15) is 5.82 Å². The van der Waals surface area contributed by atoms with Crippen LogP contribution < -0.4 is 0 Å². The van der Waals surface area contributed by atoms with Crippen LogP contribution in [0.4, 0.5) is 0 Å². The average molecular weight is 381 g/mol. The first-order valence-electron chi connectivity index (χ1n) is 8.95. The van der Waals surface area contributed by atoms with Crippen molar-refractivity contribution in [3.63, 3.8) is 0 Å². The molecule has 8 heteroatoms. The van der Waals surface area contributed by atoms with Crippen LogP contribution in [-0.4, -0.2) is 71.3 Å². The van der Waals surface area contributed by atoms with Crippen molar-refractivity contribution in [2.24, 2.45) is 5.92 Å². The minimum absolute atomic E-state index is 0.0295. The highest BCUT2D eigenvalue weighted by Gasteiger charge is 2.35. The van der Waals surface area contributed by atoms with Crippen molar-refractivity contribution in [3.05, 3.63) is 30.1 Å². The number of aromatic nitrogens is 2. The first-order valence-corrected chi connectivity index (χ1v) is 10.6. The van der Waals surface area contributed by atoms with E-state index in [0.29, 0.717) is 19.6 Å². The van der Waals surface area contributed by atoms with Crippen LogP contribution in [0.15, 0.2) is 24.3 Å². The smallest absolute Gasteiger partial charge is 0.214 e. The normalized spacial score (nSPS) is 22.1. The molecule has 0 unspecified atom stereocenters. The Morgan fingerprint density at radius 3 is 2.62 bits per heavy atom. The molecule has 2 atom stereocenters. The number of sulfonamides is 1. The number of fused-ring (bicyclic) bond motifs is 1. The van der Waals surface area contributed by atoms with Gasteiger partial charge in [-0.1, -0.05) is 12.1 Å². The van der Waals surface area contributed by atoms with Gasteiger partial charge in [-0.15, -0.1) is 0 Å². The lowest BCUT2D eigenvalue weighted by Crippen LogP contribution is -2.33. The van der Waals surface area contributed by atoms with E-state index < -0.39 is 16.1 Å². The predicted octanol–water partition coefficient (Wildman–Crippen LogP) is 1.30. The number of β-amino-alcohol motifs (C(OH)–C–C–N with tert-alkyl or cyclic N) is 1. The van der Waals surface area contributed by atoms with Gasteiger partial charge in [0.05, 0.1) is 29.4 Å². The summed E-state index contributed by atoms with van der Waals surface area (Å²) < 4.78 is 27.7. The van der Waals surface area contributed by atoms with Gasteiger partial charge >= 0.3 is 0 Å². The molecule has 7 nitrogen and oxygen atoms in total. The largest absolute Gasteiger partial charge is 0.391 e. The molecule has 26 heavy (non-hydrogen) atoms. The molecule has 0 radical (unpaired) electrons. The number of rotatable bonds is 6. The van der Waals surface area contributed by atoms with Crippen LogP contribution in [0.25, 0.3) is 11.0 Å². The zero-order valence-corrected chi connectivity index (χ0v) is 16.6. The first kappa shape index (κ1) is 19.3. The monoisotopic (exact) mass is 380 g/mol. The molecule has 0 saturated carbocycles. The summed E-state index contributed by atoms with van der Waals surface area (Å²) in [6.45, 7) is 5.87. The fourth-order valence-corrected chi connectivity index (χ4v) is 4.80. The van der Waals surface area contributed by atoms with Gasteiger partial charge in [-0.3, -0.25) is 4.90 Å². The van der Waals surface area contributed by atoms with Gasteiger partial charge in [0.25, 0.3) is 0 Å². The van der Waals surface area contributed by atoms with E-state index in [4.69, 9.17) is 4.98 Å². The molecule has 0 aliphatic carbocycles. The lowest BCUT2D eigenvalue weighted by molar-refractivity contribution is 0.147. The summed E-state index contributed by atoms with van der Waals surface area (Å²) in [7, 11) is -0.273. The van der Waals surface area contributed by atoms with Crippen molar-refractivity contribution in [2.75, 3.05) is 32.9 Å². The molecule has 1 aromatic carbocycles. The van der Waals surface area contributed by atoms with Crippen molar-refractivity contribution >= 4 is 21.1 Å². The van der Waals surface area contributed by atoms with Gasteiger partial charge in [0, 0.05) is 39.1 Å².